The van der Waals surface area contributed by atoms with Crippen LogP contribution in [0, 0.1) is 22.9 Å². The largest absolute Gasteiger partial charge is 0.129 e. The molecule has 0 saturated carbocycles. The molecule has 2 aromatic rings. The Labute approximate surface area is 148 Å². The third-order valence-corrected chi connectivity index (χ3v) is 5.89. The lowest BCUT2D eigenvalue weighted by atomic mass is 9.96. The molecule has 0 spiro atoms. The highest BCUT2D eigenvalue weighted by molar-refractivity contribution is 6.84. The fourth-order valence-corrected chi connectivity index (χ4v) is 4.07. The summed E-state index contributed by atoms with van der Waals surface area (Å²) in [6.45, 7) is 13.8. The van der Waals surface area contributed by atoms with Gasteiger partial charge in [0.1, 0.15) is 16.1 Å². The molecule has 2 heteroatoms. The molecule has 0 saturated heterocycles. The van der Waals surface area contributed by atoms with Crippen LogP contribution in [0.3, 0.4) is 0 Å². The Morgan fingerprint density at radius 2 is 1.04 bits per heavy atom. The lowest BCUT2D eigenvalue weighted by molar-refractivity contribution is 1.02. The van der Waals surface area contributed by atoms with E-state index in [0.29, 0.717) is 0 Å². The predicted octanol–water partition coefficient (Wildman–Crippen LogP) is 5.40. The summed E-state index contributed by atoms with van der Waals surface area (Å²) in [5, 5.41) is 2.73. The van der Waals surface area contributed by atoms with Crippen LogP contribution in [0.15, 0.2) is 24.3 Å². The van der Waals surface area contributed by atoms with Crippen molar-refractivity contribution < 1.29 is 0 Å². The first-order chi connectivity index (χ1) is 11.1. The Balaban J connectivity index is 2.29. The van der Waals surface area contributed by atoms with Crippen LogP contribution < -0.4 is 0 Å². The van der Waals surface area contributed by atoms with Crippen LogP contribution in [0.2, 0.25) is 39.3 Å². The van der Waals surface area contributed by atoms with Crippen molar-refractivity contribution in [3.63, 3.8) is 0 Å². The van der Waals surface area contributed by atoms with Crippen LogP contribution in [0.4, 0.5) is 0 Å². The topological polar surface area (TPSA) is 0 Å². The minimum atomic E-state index is -1.40. The maximum Gasteiger partial charge on any atom is 0.129 e. The SMILES string of the molecule is C[Si](C)(C)C#Cc1ccc2c3c(ccc(C#C[Si](C)(C)C)c13)CC2. The molecular weight excluding hydrogens is 320 g/mol. The van der Waals surface area contributed by atoms with Gasteiger partial charge in [-0.05, 0) is 41.5 Å². The maximum absolute atomic E-state index is 3.54. The van der Waals surface area contributed by atoms with E-state index in [1.807, 2.05) is 0 Å². The zero-order valence-electron chi connectivity index (χ0n) is 15.7. The van der Waals surface area contributed by atoms with E-state index in [2.05, 4.69) is 86.5 Å². The molecule has 0 fully saturated rings. The minimum Gasteiger partial charge on any atom is -0.127 e. The van der Waals surface area contributed by atoms with Crippen LogP contribution in [0.25, 0.3) is 10.8 Å². The van der Waals surface area contributed by atoms with Gasteiger partial charge in [-0.2, -0.15) is 0 Å². The second kappa shape index (κ2) is 5.96. The van der Waals surface area contributed by atoms with Crippen molar-refractivity contribution >= 4 is 26.9 Å². The Morgan fingerprint density at radius 3 is 1.42 bits per heavy atom. The monoisotopic (exact) mass is 346 g/mol. The normalized spacial score (nSPS) is 13.2. The third-order valence-electron chi connectivity index (χ3n) is 4.14. The van der Waals surface area contributed by atoms with Crippen molar-refractivity contribution in [1.29, 1.82) is 0 Å². The molecule has 122 valence electrons. The van der Waals surface area contributed by atoms with Gasteiger partial charge in [0.15, 0.2) is 0 Å². The molecule has 0 atom stereocenters. The summed E-state index contributed by atoms with van der Waals surface area (Å²) in [5.41, 5.74) is 12.3. The van der Waals surface area contributed by atoms with Crippen molar-refractivity contribution in [2.45, 2.75) is 52.1 Å². The van der Waals surface area contributed by atoms with Gasteiger partial charge in [0.25, 0.3) is 0 Å². The Hall–Kier alpha value is -1.75. The van der Waals surface area contributed by atoms with E-state index in [1.54, 1.807) is 0 Å². The second-order valence-electron chi connectivity index (χ2n) is 8.79. The van der Waals surface area contributed by atoms with Gasteiger partial charge in [0.05, 0.1) is 0 Å². The predicted molar refractivity (Wildman–Crippen MR) is 112 cm³/mol. The highest BCUT2D eigenvalue weighted by atomic mass is 28.3. The zero-order valence-corrected chi connectivity index (χ0v) is 17.7. The molecular formula is C22H26Si2. The maximum atomic E-state index is 3.54. The van der Waals surface area contributed by atoms with E-state index in [9.17, 15) is 0 Å². The Morgan fingerprint density at radius 1 is 0.625 bits per heavy atom. The quantitative estimate of drug-likeness (QED) is 0.443. The number of rotatable bonds is 0. The van der Waals surface area contributed by atoms with E-state index in [-0.39, 0.29) is 0 Å². The van der Waals surface area contributed by atoms with E-state index >= 15 is 0 Å². The van der Waals surface area contributed by atoms with Crippen molar-refractivity contribution in [3.8, 4) is 22.9 Å². The summed E-state index contributed by atoms with van der Waals surface area (Å²) in [5.74, 6) is 7.01. The molecule has 0 unspecified atom stereocenters. The first kappa shape index (κ1) is 17.1. The third kappa shape index (κ3) is 3.67. The molecule has 1 aliphatic rings. The lowest BCUT2D eigenvalue weighted by Crippen LogP contribution is -2.16. The van der Waals surface area contributed by atoms with E-state index in [1.165, 1.54) is 33.0 Å². The van der Waals surface area contributed by atoms with E-state index < -0.39 is 16.1 Å². The lowest BCUT2D eigenvalue weighted by Gasteiger charge is -2.10. The number of benzene rings is 2. The molecule has 0 aromatic heterocycles. The van der Waals surface area contributed by atoms with Crippen LogP contribution in [-0.2, 0) is 12.8 Å². The van der Waals surface area contributed by atoms with Gasteiger partial charge in [-0.15, -0.1) is 11.1 Å². The fourth-order valence-electron chi connectivity index (χ4n) is 3.05. The van der Waals surface area contributed by atoms with Crippen LogP contribution >= 0.6 is 0 Å². The number of hydrogen-bond acceptors (Lipinski definition) is 0. The average Bonchev–Trinajstić information content (AvgIpc) is 2.88. The standard InChI is InChI=1S/C22H26Si2/c1-23(2,3)15-13-19-11-9-17-7-8-18-10-12-20(22(19)21(17)18)14-16-24(4,5)6/h9-12H,7-8H2,1-6H3. The molecule has 0 radical (unpaired) electrons. The first-order valence-electron chi connectivity index (χ1n) is 8.78. The van der Waals surface area contributed by atoms with Gasteiger partial charge in [-0.25, -0.2) is 0 Å². The second-order valence-corrected chi connectivity index (χ2v) is 18.3. The molecule has 0 nitrogen and oxygen atoms in total. The van der Waals surface area contributed by atoms with Crippen molar-refractivity contribution in [1.82, 2.24) is 0 Å². The molecule has 0 amide bonds. The summed E-state index contributed by atoms with van der Waals surface area (Å²) in [7, 11) is -2.79. The molecule has 0 aliphatic heterocycles. The van der Waals surface area contributed by atoms with Crippen LogP contribution in [-0.4, -0.2) is 16.1 Å². The highest BCUT2D eigenvalue weighted by Gasteiger charge is 2.18. The van der Waals surface area contributed by atoms with Crippen molar-refractivity contribution in [2.75, 3.05) is 0 Å². The first-order valence-corrected chi connectivity index (χ1v) is 15.8. The van der Waals surface area contributed by atoms with Crippen LogP contribution in [0.5, 0.6) is 0 Å². The van der Waals surface area contributed by atoms with Gasteiger partial charge in [0, 0.05) is 16.5 Å². The molecule has 0 N–H and O–H groups in total. The molecule has 3 rings (SSSR count). The summed E-state index contributed by atoms with van der Waals surface area (Å²) in [4.78, 5) is 0. The molecule has 0 bridgehead atoms. The van der Waals surface area contributed by atoms with Gasteiger partial charge in [-0.3, -0.25) is 0 Å². The molecule has 24 heavy (non-hydrogen) atoms. The van der Waals surface area contributed by atoms with Gasteiger partial charge in [0.2, 0.25) is 0 Å². The van der Waals surface area contributed by atoms with E-state index in [0.717, 1.165) is 12.8 Å². The summed E-state index contributed by atoms with van der Waals surface area (Å²) in [6, 6.07) is 9.00. The van der Waals surface area contributed by atoms with Gasteiger partial charge >= 0.3 is 0 Å². The molecule has 1 aliphatic carbocycles. The summed E-state index contributed by atoms with van der Waals surface area (Å²) < 4.78 is 0. The Bertz CT molecular complexity index is 855. The smallest absolute Gasteiger partial charge is 0.127 e. The van der Waals surface area contributed by atoms with Gasteiger partial charge < -0.3 is 0 Å². The minimum absolute atomic E-state index is 1.15. The number of aryl methyl sites for hydroxylation is 2. The highest BCUT2D eigenvalue weighted by Crippen LogP contribution is 2.34. The van der Waals surface area contributed by atoms with Crippen molar-refractivity contribution in [2.24, 2.45) is 0 Å². The summed E-state index contributed by atoms with van der Waals surface area (Å²) in [6.07, 6.45) is 2.30. The Kier molecular flexibility index (Phi) is 4.24. The fraction of sp³-hybridized carbons (Fsp3) is 0.364. The zero-order chi connectivity index (χ0) is 17.5. The van der Waals surface area contributed by atoms with Gasteiger partial charge in [-0.1, -0.05) is 63.3 Å². The number of hydrogen-bond donors (Lipinski definition) is 0. The molecule has 0 heterocycles. The molecule has 2 aromatic carbocycles. The average molecular weight is 347 g/mol. The summed E-state index contributed by atoms with van der Waals surface area (Å²) >= 11 is 0. The van der Waals surface area contributed by atoms with E-state index in [4.69, 9.17) is 0 Å². The van der Waals surface area contributed by atoms with Crippen LogP contribution in [0.1, 0.15) is 22.3 Å². The van der Waals surface area contributed by atoms with Crippen molar-refractivity contribution in [3.05, 3.63) is 46.5 Å².